The van der Waals surface area contributed by atoms with E-state index in [9.17, 15) is 17.6 Å². The van der Waals surface area contributed by atoms with Gasteiger partial charge in [0.25, 0.3) is 0 Å². The van der Waals surface area contributed by atoms with Crippen molar-refractivity contribution in [1.29, 1.82) is 0 Å². The zero-order chi connectivity index (χ0) is 31.9. The Kier molecular flexibility index (Phi) is 8.33. The second-order valence-electron chi connectivity index (χ2n) is 10.7. The van der Waals surface area contributed by atoms with Crippen molar-refractivity contribution in [2.24, 2.45) is 11.1 Å². The summed E-state index contributed by atoms with van der Waals surface area (Å²) in [7, 11) is -4.12. The van der Waals surface area contributed by atoms with Crippen LogP contribution in [0.4, 0.5) is 13.2 Å². The molecule has 0 aliphatic heterocycles. The first-order valence-corrected chi connectivity index (χ1v) is 16.5. The highest BCUT2D eigenvalue weighted by molar-refractivity contribution is 7.89. The van der Waals surface area contributed by atoms with Crippen LogP contribution >= 0.6 is 11.3 Å². The molecule has 2 N–H and O–H groups in total. The fourth-order valence-corrected chi connectivity index (χ4v) is 6.41. The van der Waals surface area contributed by atoms with Gasteiger partial charge in [-0.05, 0) is 85.7 Å². The lowest BCUT2D eigenvalue weighted by molar-refractivity contribution is 0.0520. The maximum Gasteiger partial charge on any atom is 0.357 e. The summed E-state index contributed by atoms with van der Waals surface area (Å²) in [6.45, 7) is 1.88. The standard InChI is InChI=1S/C32H27F3N4O4S2/c1-2-43-31(40)28-17-44-32(37-28)39-29(12-18-6-7-18)25(14-20-8-10-23(16-27(20)35)45(36,41)42)30(38-39)21-9-11-26(34)24(15-21)19-4-3-5-22(33)13-19/h3-5,8-11,13,15-18H,2,6-7,12,14H2,1H3,(H2,36,41,42). The summed E-state index contributed by atoms with van der Waals surface area (Å²) >= 11 is 1.19. The topological polar surface area (TPSA) is 117 Å². The minimum atomic E-state index is -4.12. The van der Waals surface area contributed by atoms with Gasteiger partial charge in [0.2, 0.25) is 15.2 Å². The van der Waals surface area contributed by atoms with E-state index in [0.29, 0.717) is 39.9 Å². The summed E-state index contributed by atoms with van der Waals surface area (Å²) in [6.07, 6.45) is 2.57. The first kappa shape index (κ1) is 30.7. The third-order valence-electron chi connectivity index (χ3n) is 7.52. The molecule has 0 atom stereocenters. The van der Waals surface area contributed by atoms with Gasteiger partial charge in [-0.15, -0.1) is 11.3 Å². The molecule has 1 aliphatic carbocycles. The molecule has 0 saturated heterocycles. The van der Waals surface area contributed by atoms with Gasteiger partial charge >= 0.3 is 5.97 Å². The minimum Gasteiger partial charge on any atom is -0.461 e. The number of primary sulfonamides is 1. The van der Waals surface area contributed by atoms with Crippen molar-refractivity contribution in [3.8, 4) is 27.5 Å². The van der Waals surface area contributed by atoms with Crippen LogP contribution in [0.15, 0.2) is 70.9 Å². The lowest BCUT2D eigenvalue weighted by Crippen LogP contribution is -2.13. The Morgan fingerprint density at radius 1 is 1.04 bits per heavy atom. The highest BCUT2D eigenvalue weighted by atomic mass is 32.2. The zero-order valence-corrected chi connectivity index (χ0v) is 25.6. The van der Waals surface area contributed by atoms with E-state index in [1.807, 2.05) is 0 Å². The number of benzene rings is 3. The molecule has 3 aromatic carbocycles. The number of thiazole rings is 1. The molecule has 2 heterocycles. The molecule has 8 nitrogen and oxygen atoms in total. The Balaban J connectivity index is 1.54. The maximum absolute atomic E-state index is 15.4. The predicted molar refractivity (Wildman–Crippen MR) is 163 cm³/mol. The smallest absolute Gasteiger partial charge is 0.357 e. The molecule has 0 amide bonds. The van der Waals surface area contributed by atoms with Crippen molar-refractivity contribution in [1.82, 2.24) is 14.8 Å². The highest BCUT2D eigenvalue weighted by Gasteiger charge is 2.30. The van der Waals surface area contributed by atoms with E-state index < -0.39 is 33.4 Å². The second kappa shape index (κ2) is 12.2. The Hall–Kier alpha value is -4.33. The number of hydrogen-bond donors (Lipinski definition) is 1. The predicted octanol–water partition coefficient (Wildman–Crippen LogP) is 6.45. The summed E-state index contributed by atoms with van der Waals surface area (Å²) in [5.41, 5.74) is 3.04. The van der Waals surface area contributed by atoms with Crippen LogP contribution in [0.3, 0.4) is 0 Å². The zero-order valence-electron chi connectivity index (χ0n) is 24.0. The van der Waals surface area contributed by atoms with E-state index in [1.54, 1.807) is 35.2 Å². The lowest BCUT2D eigenvalue weighted by Gasteiger charge is -2.11. The summed E-state index contributed by atoms with van der Waals surface area (Å²) in [4.78, 5) is 16.5. The fourth-order valence-electron chi connectivity index (χ4n) is 5.12. The number of rotatable bonds is 10. The Labute approximate surface area is 261 Å². The largest absolute Gasteiger partial charge is 0.461 e. The van der Waals surface area contributed by atoms with E-state index in [0.717, 1.165) is 24.6 Å². The van der Waals surface area contributed by atoms with Gasteiger partial charge in [0, 0.05) is 28.5 Å². The van der Waals surface area contributed by atoms with Crippen molar-refractivity contribution in [2.75, 3.05) is 6.61 Å². The summed E-state index contributed by atoms with van der Waals surface area (Å²) in [5, 5.41) is 12.1. The summed E-state index contributed by atoms with van der Waals surface area (Å²) in [6, 6.07) is 13.4. The number of nitrogens with zero attached hydrogens (tertiary/aromatic N) is 3. The van der Waals surface area contributed by atoms with E-state index in [4.69, 9.17) is 15.0 Å². The Morgan fingerprint density at radius 3 is 2.53 bits per heavy atom. The molecule has 5 aromatic rings. The van der Waals surface area contributed by atoms with Crippen molar-refractivity contribution >= 4 is 27.3 Å². The number of nitrogens with two attached hydrogens (primary N) is 1. The molecule has 6 rings (SSSR count). The van der Waals surface area contributed by atoms with Crippen LogP contribution in [0, 0.1) is 23.4 Å². The van der Waals surface area contributed by atoms with Crippen LogP contribution in [0.25, 0.3) is 27.5 Å². The molecule has 0 bridgehead atoms. The summed E-state index contributed by atoms with van der Waals surface area (Å²) in [5.74, 6) is -2.08. The van der Waals surface area contributed by atoms with E-state index in [2.05, 4.69) is 4.98 Å². The van der Waals surface area contributed by atoms with Crippen LogP contribution < -0.4 is 5.14 Å². The Morgan fingerprint density at radius 2 is 1.84 bits per heavy atom. The van der Waals surface area contributed by atoms with Crippen molar-refractivity contribution in [3.63, 3.8) is 0 Å². The first-order valence-electron chi connectivity index (χ1n) is 14.1. The number of carbonyl (C=O) groups is 1. The van der Waals surface area contributed by atoms with Crippen LogP contribution in [0.5, 0.6) is 0 Å². The van der Waals surface area contributed by atoms with Gasteiger partial charge in [-0.3, -0.25) is 0 Å². The number of carbonyl (C=O) groups excluding carboxylic acids is 1. The number of ether oxygens (including phenoxy) is 1. The van der Waals surface area contributed by atoms with E-state index in [1.165, 1.54) is 47.7 Å². The quantitative estimate of drug-likeness (QED) is 0.174. The number of esters is 1. The van der Waals surface area contributed by atoms with E-state index >= 15 is 8.78 Å². The normalized spacial score (nSPS) is 13.3. The number of halogens is 3. The first-order chi connectivity index (χ1) is 21.5. The molecule has 0 radical (unpaired) electrons. The van der Waals surface area contributed by atoms with Crippen molar-refractivity contribution in [3.05, 3.63) is 106 Å². The third kappa shape index (κ3) is 6.56. The van der Waals surface area contributed by atoms with Crippen LogP contribution in [-0.2, 0) is 27.6 Å². The van der Waals surface area contributed by atoms with Gasteiger partial charge in [-0.1, -0.05) is 18.2 Å². The molecule has 232 valence electrons. The van der Waals surface area contributed by atoms with Gasteiger partial charge in [-0.25, -0.2) is 41.2 Å². The number of sulfonamides is 1. The van der Waals surface area contributed by atoms with Gasteiger partial charge < -0.3 is 4.74 Å². The number of aromatic nitrogens is 3. The van der Waals surface area contributed by atoms with Gasteiger partial charge in [0.05, 0.1) is 22.9 Å². The third-order valence-corrected chi connectivity index (χ3v) is 9.25. The van der Waals surface area contributed by atoms with E-state index in [-0.39, 0.29) is 34.7 Å². The molecule has 0 unspecified atom stereocenters. The van der Waals surface area contributed by atoms with Crippen molar-refractivity contribution in [2.45, 2.75) is 37.5 Å². The second-order valence-corrected chi connectivity index (χ2v) is 13.1. The molecule has 13 heteroatoms. The molecule has 0 spiro atoms. The van der Waals surface area contributed by atoms with Gasteiger partial charge in [-0.2, -0.15) is 5.10 Å². The molecule has 1 saturated carbocycles. The average molecular weight is 653 g/mol. The highest BCUT2D eigenvalue weighted by Crippen LogP contribution is 2.39. The maximum atomic E-state index is 15.4. The lowest BCUT2D eigenvalue weighted by atomic mass is 9.94. The fraction of sp³-hybridized carbons (Fsp3) is 0.219. The summed E-state index contributed by atoms with van der Waals surface area (Å²) < 4.78 is 74.9. The molecular weight excluding hydrogens is 626 g/mol. The van der Waals surface area contributed by atoms with Crippen LogP contribution in [0.2, 0.25) is 0 Å². The Bertz CT molecular complexity index is 2040. The average Bonchev–Trinajstić information content (AvgIpc) is 3.56. The molecule has 1 aliphatic rings. The van der Waals surface area contributed by atoms with Gasteiger partial charge in [0.15, 0.2) is 5.69 Å². The molecule has 1 fully saturated rings. The van der Waals surface area contributed by atoms with Crippen molar-refractivity contribution < 1.29 is 31.1 Å². The SMILES string of the molecule is CCOC(=O)c1csc(-n2nc(-c3ccc(F)c(-c4cccc(F)c4)c3)c(Cc3ccc(S(N)(=O)=O)cc3F)c2CC2CC2)n1. The monoisotopic (exact) mass is 652 g/mol. The molecule has 2 aromatic heterocycles. The van der Waals surface area contributed by atoms with Gasteiger partial charge in [0.1, 0.15) is 17.5 Å². The van der Waals surface area contributed by atoms with Crippen LogP contribution in [0.1, 0.15) is 47.1 Å². The number of hydrogen-bond acceptors (Lipinski definition) is 7. The minimum absolute atomic E-state index is 0.0108. The van der Waals surface area contributed by atoms with Crippen LogP contribution in [-0.4, -0.2) is 35.8 Å². The molecular formula is C32H27F3N4O4S2. The molecule has 45 heavy (non-hydrogen) atoms.